The molecule has 1 amide bonds. The molecule has 0 fully saturated rings. The number of hydrogen-bond donors (Lipinski definition) is 3. The van der Waals surface area contributed by atoms with Crippen molar-refractivity contribution in [3.8, 4) is 23.0 Å². The number of hydrogen-bond acceptors (Lipinski definition) is 8. The van der Waals surface area contributed by atoms with Gasteiger partial charge in [0.25, 0.3) is 0 Å². The van der Waals surface area contributed by atoms with E-state index in [0.29, 0.717) is 23.5 Å². The van der Waals surface area contributed by atoms with Gasteiger partial charge in [-0.15, -0.1) is 0 Å². The molecule has 3 N–H and O–H groups in total. The van der Waals surface area contributed by atoms with Crippen LogP contribution in [-0.2, 0) is 27.7 Å². The van der Waals surface area contributed by atoms with Crippen LogP contribution in [0.1, 0.15) is 31.4 Å². The number of aliphatic hydroxyl groups is 1. The molecule has 3 aromatic carbocycles. The molecule has 0 aromatic heterocycles. The second-order valence-corrected chi connectivity index (χ2v) is 12.0. The van der Waals surface area contributed by atoms with Crippen molar-refractivity contribution in [1.29, 1.82) is 0 Å². The number of phenolic OH excluding ortho intramolecular Hbond substituents is 1. The zero-order chi connectivity index (χ0) is 30.9. The lowest BCUT2D eigenvalue weighted by Gasteiger charge is -2.32. The number of carbonyl (C=O) groups is 1. The predicted octanol–water partition coefficient (Wildman–Crippen LogP) is 3.54. The molecule has 0 aliphatic rings. The first-order valence-corrected chi connectivity index (χ1v) is 15.0. The molecule has 228 valence electrons. The van der Waals surface area contributed by atoms with Gasteiger partial charge >= 0.3 is 0 Å². The van der Waals surface area contributed by atoms with Crippen LogP contribution in [0.25, 0.3) is 0 Å². The van der Waals surface area contributed by atoms with E-state index in [2.05, 4.69) is 5.32 Å². The minimum absolute atomic E-state index is 0.0559. The molecule has 0 saturated carbocycles. The van der Waals surface area contributed by atoms with Gasteiger partial charge in [-0.2, -0.15) is 4.31 Å². The minimum atomic E-state index is -3.96. The smallest absolute Gasteiger partial charge is 0.243 e. The number of ether oxygens (including phenoxy) is 3. The molecule has 0 aliphatic carbocycles. The van der Waals surface area contributed by atoms with E-state index in [9.17, 15) is 23.4 Å². The topological polar surface area (TPSA) is 135 Å². The minimum Gasteiger partial charge on any atom is -0.504 e. The second kappa shape index (κ2) is 14.9. The van der Waals surface area contributed by atoms with E-state index in [1.54, 1.807) is 32.0 Å². The number of aryl methyl sites for hydroxylation is 1. The Labute approximate surface area is 247 Å². The number of rotatable bonds is 15. The van der Waals surface area contributed by atoms with Gasteiger partial charge in [-0.25, -0.2) is 8.42 Å². The number of aliphatic hydroxyl groups excluding tert-OH is 1. The molecule has 3 rings (SSSR count). The van der Waals surface area contributed by atoms with Crippen LogP contribution in [0, 0.1) is 0 Å². The molecule has 0 radical (unpaired) electrons. The number of sulfonamides is 1. The fourth-order valence-electron chi connectivity index (χ4n) is 4.60. The maximum Gasteiger partial charge on any atom is 0.243 e. The average molecular weight is 601 g/mol. The highest BCUT2D eigenvalue weighted by Gasteiger charge is 2.32. The molecule has 0 aliphatic heterocycles. The van der Waals surface area contributed by atoms with Crippen molar-refractivity contribution in [3.63, 3.8) is 0 Å². The number of methoxy groups -OCH3 is 3. The third-order valence-corrected chi connectivity index (χ3v) is 8.98. The summed E-state index contributed by atoms with van der Waals surface area (Å²) in [5, 5.41) is 24.4. The average Bonchev–Trinajstić information content (AvgIpc) is 2.98. The van der Waals surface area contributed by atoms with Crippen LogP contribution in [0.5, 0.6) is 23.0 Å². The summed E-state index contributed by atoms with van der Waals surface area (Å²) >= 11 is 0. The van der Waals surface area contributed by atoms with E-state index < -0.39 is 28.2 Å². The van der Waals surface area contributed by atoms with E-state index in [4.69, 9.17) is 14.2 Å². The van der Waals surface area contributed by atoms with Gasteiger partial charge in [0, 0.05) is 25.1 Å². The molecule has 42 heavy (non-hydrogen) atoms. The van der Waals surface area contributed by atoms with Crippen LogP contribution < -0.4 is 19.5 Å². The van der Waals surface area contributed by atoms with E-state index >= 15 is 0 Å². The van der Waals surface area contributed by atoms with Crippen molar-refractivity contribution in [1.82, 2.24) is 9.62 Å². The van der Waals surface area contributed by atoms with E-state index in [1.807, 2.05) is 30.3 Å². The Bertz CT molecular complexity index is 1410. The molecule has 0 spiro atoms. The molecule has 10 nitrogen and oxygen atoms in total. The number of nitrogens with zero attached hydrogens (tertiary/aromatic N) is 1. The first-order chi connectivity index (χ1) is 20.0. The van der Waals surface area contributed by atoms with Crippen molar-refractivity contribution in [3.05, 3.63) is 77.9 Å². The number of aromatic hydroxyl groups is 1. The van der Waals surface area contributed by atoms with Gasteiger partial charge in [0.05, 0.1) is 38.4 Å². The lowest BCUT2D eigenvalue weighted by atomic mass is 10.00. The van der Waals surface area contributed by atoms with Gasteiger partial charge < -0.3 is 29.7 Å². The number of benzene rings is 3. The molecular weight excluding hydrogens is 560 g/mol. The SMILES string of the molecule is COc1ccc(S(=O)(=O)N(C[C@@H](O)[C@H](Cc2ccccc2)NC(=O)CCc2cc(OC)c(O)cc2OC)C(C)C)cc1. The number of amides is 1. The maximum absolute atomic E-state index is 13.6. The normalized spacial score (nSPS) is 13.0. The van der Waals surface area contributed by atoms with Gasteiger partial charge in [0.1, 0.15) is 11.5 Å². The molecular formula is C31H40N2O8S. The number of phenols is 1. The van der Waals surface area contributed by atoms with Gasteiger partial charge in [-0.3, -0.25) is 4.79 Å². The Morgan fingerprint density at radius 1 is 0.929 bits per heavy atom. The zero-order valence-electron chi connectivity index (χ0n) is 24.6. The summed E-state index contributed by atoms with van der Waals surface area (Å²) in [5.74, 6) is 0.791. The highest BCUT2D eigenvalue weighted by atomic mass is 32.2. The van der Waals surface area contributed by atoms with E-state index in [1.165, 1.54) is 43.8 Å². The fourth-order valence-corrected chi connectivity index (χ4v) is 6.25. The zero-order valence-corrected chi connectivity index (χ0v) is 25.4. The van der Waals surface area contributed by atoms with Crippen LogP contribution in [0.15, 0.2) is 71.6 Å². The highest BCUT2D eigenvalue weighted by Crippen LogP contribution is 2.34. The third kappa shape index (κ3) is 8.37. The Morgan fingerprint density at radius 2 is 1.57 bits per heavy atom. The summed E-state index contributed by atoms with van der Waals surface area (Å²) in [6.07, 6.45) is -0.587. The van der Waals surface area contributed by atoms with Crippen molar-refractivity contribution >= 4 is 15.9 Å². The van der Waals surface area contributed by atoms with E-state index in [0.717, 1.165) is 5.56 Å². The van der Waals surface area contributed by atoms with Gasteiger partial charge in [-0.1, -0.05) is 30.3 Å². The summed E-state index contributed by atoms with van der Waals surface area (Å²) in [6, 6.07) is 17.2. The first kappa shape index (κ1) is 32.7. The summed E-state index contributed by atoms with van der Waals surface area (Å²) in [5.41, 5.74) is 1.54. The summed E-state index contributed by atoms with van der Waals surface area (Å²) in [7, 11) is 0.442. The fraction of sp³-hybridized carbons (Fsp3) is 0.387. The molecule has 0 saturated heterocycles. The summed E-state index contributed by atoms with van der Waals surface area (Å²) in [6.45, 7) is 3.24. The van der Waals surface area contributed by atoms with Crippen LogP contribution in [0.4, 0.5) is 0 Å². The first-order valence-electron chi connectivity index (χ1n) is 13.6. The molecule has 11 heteroatoms. The van der Waals surface area contributed by atoms with Crippen molar-refractivity contribution in [2.75, 3.05) is 27.9 Å². The van der Waals surface area contributed by atoms with Gasteiger partial charge in [0.15, 0.2) is 11.5 Å². The van der Waals surface area contributed by atoms with Crippen LogP contribution in [-0.4, -0.2) is 74.9 Å². The number of carbonyl (C=O) groups excluding carboxylic acids is 1. The monoisotopic (exact) mass is 600 g/mol. The quantitative estimate of drug-likeness (QED) is 0.241. The second-order valence-electron chi connectivity index (χ2n) is 10.1. The van der Waals surface area contributed by atoms with Gasteiger partial charge in [-0.05, 0) is 68.1 Å². The van der Waals surface area contributed by atoms with E-state index in [-0.39, 0.29) is 41.7 Å². The highest BCUT2D eigenvalue weighted by molar-refractivity contribution is 7.89. The van der Waals surface area contributed by atoms with Crippen molar-refractivity contribution in [2.45, 2.75) is 56.2 Å². The molecule has 2 atom stereocenters. The predicted molar refractivity (Wildman–Crippen MR) is 160 cm³/mol. The Hall–Kier alpha value is -3.80. The Morgan fingerprint density at radius 3 is 2.14 bits per heavy atom. The maximum atomic E-state index is 13.6. The third-order valence-electron chi connectivity index (χ3n) is 6.92. The molecule has 0 unspecified atom stereocenters. The number of nitrogens with one attached hydrogen (secondary N) is 1. The standard InChI is InChI=1S/C31H40N2O8S/c1-21(2)33(42(37,38)25-14-12-24(39-3)13-15-25)20-28(35)26(17-22-9-7-6-8-10-22)32-31(36)16-11-23-18-30(41-5)27(34)19-29(23)40-4/h6-10,12-15,18-19,21,26,28,34-35H,11,16-17,20H2,1-5H3,(H,32,36)/t26-,28+/m0/s1. The lowest BCUT2D eigenvalue weighted by molar-refractivity contribution is -0.122. The molecule has 3 aromatic rings. The van der Waals surface area contributed by atoms with Crippen molar-refractivity contribution in [2.24, 2.45) is 0 Å². The molecule has 0 bridgehead atoms. The summed E-state index contributed by atoms with van der Waals surface area (Å²) < 4.78 is 44.0. The van der Waals surface area contributed by atoms with Crippen molar-refractivity contribution < 1.29 is 37.6 Å². The van der Waals surface area contributed by atoms with Gasteiger partial charge in [0.2, 0.25) is 15.9 Å². The molecule has 0 heterocycles. The van der Waals surface area contributed by atoms with Crippen LogP contribution in [0.2, 0.25) is 0 Å². The Kier molecular flexibility index (Phi) is 11.6. The van der Waals surface area contributed by atoms with Crippen LogP contribution >= 0.6 is 0 Å². The largest absolute Gasteiger partial charge is 0.504 e. The lowest BCUT2D eigenvalue weighted by Crippen LogP contribution is -2.52. The summed E-state index contributed by atoms with van der Waals surface area (Å²) in [4.78, 5) is 13.2. The van der Waals surface area contributed by atoms with Crippen LogP contribution in [0.3, 0.4) is 0 Å². The Balaban J connectivity index is 1.80.